The fourth-order valence-corrected chi connectivity index (χ4v) is 2.47. The first-order valence-corrected chi connectivity index (χ1v) is 8.17. The predicted molar refractivity (Wildman–Crippen MR) is 98.2 cm³/mol. The molecule has 0 bridgehead atoms. The third-order valence-corrected chi connectivity index (χ3v) is 3.77. The summed E-state index contributed by atoms with van der Waals surface area (Å²) in [5.41, 5.74) is -0.0347. The van der Waals surface area contributed by atoms with Crippen molar-refractivity contribution in [1.82, 2.24) is 5.32 Å². The molecule has 0 unspecified atom stereocenters. The predicted octanol–water partition coefficient (Wildman–Crippen LogP) is 1.92. The number of benzene rings is 2. The minimum absolute atomic E-state index is 0.158. The Morgan fingerprint density at radius 3 is 2.54 bits per heavy atom. The Morgan fingerprint density at radius 1 is 1.04 bits per heavy atom. The maximum absolute atomic E-state index is 12.1. The summed E-state index contributed by atoms with van der Waals surface area (Å²) < 4.78 is 15.2. The largest absolute Gasteiger partial charge is 0.496 e. The van der Waals surface area contributed by atoms with Gasteiger partial charge in [-0.15, -0.1) is 0 Å². The third kappa shape index (κ3) is 4.07. The maximum atomic E-state index is 12.1. The van der Waals surface area contributed by atoms with Gasteiger partial charge in [0.1, 0.15) is 11.3 Å². The van der Waals surface area contributed by atoms with Gasteiger partial charge in [0.2, 0.25) is 5.76 Å². The smallest absolute Gasteiger partial charge is 0.374 e. The number of hydrogen-bond acceptors (Lipinski definition) is 7. The highest BCUT2D eigenvalue weighted by Gasteiger charge is 2.18. The lowest BCUT2D eigenvalue weighted by Crippen LogP contribution is -2.34. The summed E-state index contributed by atoms with van der Waals surface area (Å²) in [5, 5.41) is 2.41. The summed E-state index contributed by atoms with van der Waals surface area (Å²) in [6, 6.07) is 13.7. The minimum atomic E-state index is -0.997. The van der Waals surface area contributed by atoms with E-state index in [1.165, 1.54) is 19.2 Å². The molecule has 0 atom stereocenters. The Bertz CT molecular complexity index is 1120. The summed E-state index contributed by atoms with van der Waals surface area (Å²) in [6.07, 6.45) is 0. The number of carbonyl (C=O) groups is 3. The molecule has 3 rings (SSSR count). The fraction of sp³-hybridized carbons (Fsp3) is 0.100. The Hall–Kier alpha value is -3.94. The lowest BCUT2D eigenvalue weighted by molar-refractivity contribution is -0.123. The van der Waals surface area contributed by atoms with Gasteiger partial charge in [-0.05, 0) is 24.3 Å². The first-order valence-electron chi connectivity index (χ1n) is 8.17. The van der Waals surface area contributed by atoms with Crippen molar-refractivity contribution in [3.8, 4) is 5.75 Å². The molecule has 0 aliphatic carbocycles. The molecule has 28 heavy (non-hydrogen) atoms. The standard InChI is InChI=1S/C20H15NO7/c1-26-15-8-4-3-7-13(15)19(24)21-18(23)11-27-20(25)17-10-14(22)12-6-2-5-9-16(12)28-17/h2-10H,11H2,1H3,(H,21,23,24). The highest BCUT2D eigenvalue weighted by Crippen LogP contribution is 2.17. The Kier molecular flexibility index (Phi) is 5.50. The van der Waals surface area contributed by atoms with Crippen LogP contribution in [0.4, 0.5) is 0 Å². The maximum Gasteiger partial charge on any atom is 0.374 e. The molecule has 0 saturated heterocycles. The van der Waals surface area contributed by atoms with Gasteiger partial charge in [-0.2, -0.15) is 0 Å². The number of hydrogen-bond donors (Lipinski definition) is 1. The fourth-order valence-electron chi connectivity index (χ4n) is 2.47. The second-order valence-electron chi connectivity index (χ2n) is 5.62. The molecule has 1 aromatic heterocycles. The number of carbonyl (C=O) groups excluding carboxylic acids is 3. The highest BCUT2D eigenvalue weighted by molar-refractivity contribution is 6.06. The summed E-state index contributed by atoms with van der Waals surface area (Å²) in [7, 11) is 1.40. The summed E-state index contributed by atoms with van der Waals surface area (Å²) in [5.74, 6) is -2.58. The van der Waals surface area contributed by atoms with Crippen LogP contribution in [0.15, 0.2) is 63.8 Å². The lowest BCUT2D eigenvalue weighted by Gasteiger charge is -2.08. The number of fused-ring (bicyclic) bond motifs is 1. The van der Waals surface area contributed by atoms with Gasteiger partial charge in [-0.3, -0.25) is 19.7 Å². The summed E-state index contributed by atoms with van der Waals surface area (Å²) in [6.45, 7) is -0.726. The first-order chi connectivity index (χ1) is 13.5. The average molecular weight is 381 g/mol. The van der Waals surface area contributed by atoms with Crippen molar-refractivity contribution in [3.63, 3.8) is 0 Å². The zero-order chi connectivity index (χ0) is 20.1. The number of esters is 1. The molecule has 8 nitrogen and oxygen atoms in total. The normalized spacial score (nSPS) is 10.3. The van der Waals surface area contributed by atoms with Gasteiger partial charge in [-0.1, -0.05) is 24.3 Å². The molecule has 0 saturated carbocycles. The van der Waals surface area contributed by atoms with Crippen molar-refractivity contribution in [3.05, 3.63) is 76.1 Å². The molecule has 2 aromatic carbocycles. The van der Waals surface area contributed by atoms with Gasteiger partial charge >= 0.3 is 5.97 Å². The van der Waals surface area contributed by atoms with Gasteiger partial charge in [-0.25, -0.2) is 4.79 Å². The van der Waals surface area contributed by atoms with E-state index >= 15 is 0 Å². The number of methoxy groups -OCH3 is 1. The second-order valence-corrected chi connectivity index (χ2v) is 5.62. The topological polar surface area (TPSA) is 112 Å². The van der Waals surface area contributed by atoms with E-state index in [2.05, 4.69) is 5.32 Å². The average Bonchev–Trinajstić information content (AvgIpc) is 2.71. The molecule has 8 heteroatoms. The quantitative estimate of drug-likeness (QED) is 0.672. The summed E-state index contributed by atoms with van der Waals surface area (Å²) in [4.78, 5) is 48.1. The van der Waals surface area contributed by atoms with Crippen LogP contribution < -0.4 is 15.5 Å². The van der Waals surface area contributed by atoms with Crippen molar-refractivity contribution < 1.29 is 28.3 Å². The van der Waals surface area contributed by atoms with Crippen LogP contribution in [0.3, 0.4) is 0 Å². The lowest BCUT2D eigenvalue weighted by atomic mass is 10.2. The van der Waals surface area contributed by atoms with Gasteiger partial charge in [0.25, 0.3) is 11.8 Å². The molecule has 1 N–H and O–H groups in total. The van der Waals surface area contributed by atoms with Crippen LogP contribution in [0.1, 0.15) is 20.9 Å². The van der Waals surface area contributed by atoms with Gasteiger partial charge in [0, 0.05) is 6.07 Å². The molecule has 3 aromatic rings. The highest BCUT2D eigenvalue weighted by atomic mass is 16.5. The Balaban J connectivity index is 1.64. The molecular weight excluding hydrogens is 366 g/mol. The molecule has 1 heterocycles. The van der Waals surface area contributed by atoms with Crippen molar-refractivity contribution >= 4 is 28.8 Å². The number of amides is 2. The van der Waals surface area contributed by atoms with Crippen molar-refractivity contribution in [2.75, 3.05) is 13.7 Å². The molecule has 0 aliphatic rings. The molecule has 0 radical (unpaired) electrons. The van der Waals surface area contributed by atoms with Crippen LogP contribution in [0.25, 0.3) is 11.0 Å². The zero-order valence-electron chi connectivity index (χ0n) is 14.8. The monoisotopic (exact) mass is 381 g/mol. The van der Waals surface area contributed by atoms with Crippen molar-refractivity contribution in [2.24, 2.45) is 0 Å². The molecule has 0 spiro atoms. The van der Waals surface area contributed by atoms with Crippen LogP contribution in [0, 0.1) is 0 Å². The van der Waals surface area contributed by atoms with Crippen LogP contribution in [0.2, 0.25) is 0 Å². The van der Waals surface area contributed by atoms with E-state index in [-0.39, 0.29) is 16.9 Å². The van der Waals surface area contributed by atoms with Crippen molar-refractivity contribution in [2.45, 2.75) is 0 Å². The first kappa shape index (κ1) is 18.8. The van der Waals surface area contributed by atoms with E-state index < -0.39 is 29.8 Å². The van der Waals surface area contributed by atoms with E-state index in [1.54, 1.807) is 36.4 Å². The van der Waals surface area contributed by atoms with E-state index in [1.807, 2.05) is 0 Å². The number of nitrogens with one attached hydrogen (secondary N) is 1. The van der Waals surface area contributed by atoms with E-state index in [0.29, 0.717) is 11.1 Å². The third-order valence-electron chi connectivity index (χ3n) is 3.77. The van der Waals surface area contributed by atoms with E-state index in [4.69, 9.17) is 13.9 Å². The zero-order valence-corrected chi connectivity index (χ0v) is 14.8. The van der Waals surface area contributed by atoms with Gasteiger partial charge < -0.3 is 13.9 Å². The van der Waals surface area contributed by atoms with E-state index in [0.717, 1.165) is 6.07 Å². The molecule has 2 amide bonds. The van der Waals surface area contributed by atoms with Crippen LogP contribution >= 0.6 is 0 Å². The molecule has 0 fully saturated rings. The number of ether oxygens (including phenoxy) is 2. The van der Waals surface area contributed by atoms with Gasteiger partial charge in [0.05, 0.1) is 18.1 Å². The Morgan fingerprint density at radius 2 is 1.75 bits per heavy atom. The van der Waals surface area contributed by atoms with Crippen LogP contribution in [-0.2, 0) is 9.53 Å². The summed E-state index contributed by atoms with van der Waals surface area (Å²) >= 11 is 0. The molecule has 0 aliphatic heterocycles. The minimum Gasteiger partial charge on any atom is -0.496 e. The van der Waals surface area contributed by atoms with Crippen molar-refractivity contribution in [1.29, 1.82) is 0 Å². The van der Waals surface area contributed by atoms with E-state index in [9.17, 15) is 19.2 Å². The molecular formula is C20H15NO7. The molecule has 142 valence electrons. The van der Waals surface area contributed by atoms with Crippen LogP contribution in [0.5, 0.6) is 5.75 Å². The number of para-hydroxylation sites is 2. The van der Waals surface area contributed by atoms with Gasteiger partial charge in [0.15, 0.2) is 12.0 Å². The Labute approximate surface area is 158 Å². The number of imide groups is 1. The SMILES string of the molecule is COc1ccccc1C(=O)NC(=O)COC(=O)c1cc(=O)c2ccccc2o1. The van der Waals surface area contributed by atoms with Crippen LogP contribution in [-0.4, -0.2) is 31.5 Å². The second kappa shape index (κ2) is 8.17. The number of rotatable bonds is 5.